The summed E-state index contributed by atoms with van der Waals surface area (Å²) in [5.41, 5.74) is 5.46. The van der Waals surface area contributed by atoms with Gasteiger partial charge >= 0.3 is 5.97 Å². The summed E-state index contributed by atoms with van der Waals surface area (Å²) >= 11 is 7.90. The molecule has 0 saturated carbocycles. The number of aromatic nitrogens is 4. The normalized spacial score (nSPS) is 13.2. The fourth-order valence-electron chi connectivity index (χ4n) is 4.78. The highest BCUT2D eigenvalue weighted by atomic mass is 35.5. The van der Waals surface area contributed by atoms with Gasteiger partial charge in [0, 0.05) is 34.8 Å². The van der Waals surface area contributed by atoms with Crippen LogP contribution in [0.2, 0.25) is 5.02 Å². The number of esters is 1. The van der Waals surface area contributed by atoms with E-state index in [1.807, 2.05) is 85.2 Å². The van der Waals surface area contributed by atoms with Gasteiger partial charge in [-0.25, -0.2) is 9.97 Å². The average molecular weight is 591 g/mol. The molecule has 0 unspecified atom stereocenters. The SMILES string of the molecule is Cc1cc2nc(-c3cnc4c(cnn4C)c3)sc2c(-c2ccc(Cl)cc2)c1[C@@H](COC(=O)C(C)(C)C)OC(C)(C)C. The van der Waals surface area contributed by atoms with Gasteiger partial charge in [0.25, 0.3) is 0 Å². The zero-order valence-electron chi connectivity index (χ0n) is 24.7. The molecule has 214 valence electrons. The van der Waals surface area contributed by atoms with Gasteiger partial charge in [-0.3, -0.25) is 9.48 Å². The van der Waals surface area contributed by atoms with Crippen LogP contribution in [0, 0.1) is 12.3 Å². The summed E-state index contributed by atoms with van der Waals surface area (Å²) in [5.74, 6) is -0.273. The van der Waals surface area contributed by atoms with Crippen LogP contribution in [0.15, 0.2) is 48.8 Å². The molecule has 0 bridgehead atoms. The Morgan fingerprint density at radius 2 is 1.76 bits per heavy atom. The molecule has 0 amide bonds. The summed E-state index contributed by atoms with van der Waals surface area (Å²) in [6.45, 7) is 13.7. The van der Waals surface area contributed by atoms with E-state index in [1.54, 1.807) is 16.0 Å². The number of halogens is 1. The Morgan fingerprint density at radius 1 is 1.05 bits per heavy atom. The molecule has 3 heterocycles. The van der Waals surface area contributed by atoms with Crippen LogP contribution in [0.1, 0.15) is 58.8 Å². The molecule has 0 radical (unpaired) electrons. The van der Waals surface area contributed by atoms with E-state index >= 15 is 0 Å². The maximum atomic E-state index is 12.8. The van der Waals surface area contributed by atoms with Crippen LogP contribution in [-0.2, 0) is 21.3 Å². The molecule has 0 aliphatic rings. The maximum absolute atomic E-state index is 12.8. The molecule has 41 heavy (non-hydrogen) atoms. The molecule has 3 aromatic heterocycles. The lowest BCUT2D eigenvalue weighted by atomic mass is 9.91. The smallest absolute Gasteiger partial charge is 0.311 e. The summed E-state index contributed by atoms with van der Waals surface area (Å²) in [5, 5.41) is 6.80. The third kappa shape index (κ3) is 6.15. The van der Waals surface area contributed by atoms with Crippen molar-refractivity contribution in [3.05, 3.63) is 64.9 Å². The van der Waals surface area contributed by atoms with Crippen LogP contribution in [-0.4, -0.2) is 37.9 Å². The monoisotopic (exact) mass is 590 g/mol. The molecule has 2 aromatic carbocycles. The number of carbonyl (C=O) groups excluding carboxylic acids is 1. The number of nitrogens with zero attached hydrogens (tertiary/aromatic N) is 4. The van der Waals surface area contributed by atoms with Gasteiger partial charge in [0.1, 0.15) is 17.7 Å². The minimum Gasteiger partial charge on any atom is -0.462 e. The first-order chi connectivity index (χ1) is 19.2. The van der Waals surface area contributed by atoms with E-state index in [9.17, 15) is 4.79 Å². The van der Waals surface area contributed by atoms with Crippen molar-refractivity contribution in [3.63, 3.8) is 0 Å². The Bertz CT molecular complexity index is 1740. The van der Waals surface area contributed by atoms with Crippen molar-refractivity contribution in [1.29, 1.82) is 0 Å². The molecule has 0 aliphatic heterocycles. The van der Waals surface area contributed by atoms with Crippen LogP contribution in [0.4, 0.5) is 0 Å². The molecule has 7 nitrogen and oxygen atoms in total. The van der Waals surface area contributed by atoms with Gasteiger partial charge in [-0.1, -0.05) is 23.7 Å². The van der Waals surface area contributed by atoms with Crippen molar-refractivity contribution in [2.24, 2.45) is 12.5 Å². The Labute approximate surface area is 249 Å². The molecule has 9 heteroatoms. The summed E-state index contributed by atoms with van der Waals surface area (Å²) in [6, 6.07) is 12.0. The van der Waals surface area contributed by atoms with Crippen LogP contribution >= 0.6 is 22.9 Å². The van der Waals surface area contributed by atoms with E-state index in [0.717, 1.165) is 54.1 Å². The highest BCUT2D eigenvalue weighted by molar-refractivity contribution is 7.22. The highest BCUT2D eigenvalue weighted by Crippen LogP contribution is 2.44. The van der Waals surface area contributed by atoms with Crippen molar-refractivity contribution in [2.75, 3.05) is 6.61 Å². The topological polar surface area (TPSA) is 79.1 Å². The Balaban J connectivity index is 1.71. The quantitative estimate of drug-likeness (QED) is 0.185. The molecule has 5 aromatic rings. The number of ether oxygens (including phenoxy) is 2. The number of hydrogen-bond donors (Lipinski definition) is 0. The molecule has 1 atom stereocenters. The third-order valence-corrected chi connectivity index (χ3v) is 8.07. The van der Waals surface area contributed by atoms with E-state index in [2.05, 4.69) is 29.1 Å². The van der Waals surface area contributed by atoms with Crippen molar-refractivity contribution in [1.82, 2.24) is 19.7 Å². The lowest BCUT2D eigenvalue weighted by Crippen LogP contribution is -2.30. The number of pyridine rings is 1. The van der Waals surface area contributed by atoms with Crippen molar-refractivity contribution in [3.8, 4) is 21.7 Å². The Morgan fingerprint density at radius 3 is 2.41 bits per heavy atom. The van der Waals surface area contributed by atoms with Gasteiger partial charge in [-0.15, -0.1) is 11.3 Å². The lowest BCUT2D eigenvalue weighted by Gasteiger charge is -2.31. The number of rotatable bonds is 6. The molecule has 0 N–H and O–H groups in total. The standard InChI is InChI=1S/C32H35ClN4O3S/c1-18-13-23-27(41-29(36-23)21-14-20-16-35-37(8)28(20)34-15-21)26(19-9-11-22(33)12-10-19)25(18)24(40-32(5,6)7)17-39-30(38)31(2,3)4/h9-16,24H,17H2,1-8H3/t24-/m1/s1. The number of benzene rings is 2. The minimum atomic E-state index is -0.625. The highest BCUT2D eigenvalue weighted by Gasteiger charge is 2.31. The van der Waals surface area contributed by atoms with Gasteiger partial charge in [0.05, 0.1) is 27.4 Å². The maximum Gasteiger partial charge on any atom is 0.311 e. The fourth-order valence-corrected chi connectivity index (χ4v) is 6.02. The summed E-state index contributed by atoms with van der Waals surface area (Å²) < 4.78 is 15.2. The van der Waals surface area contributed by atoms with Gasteiger partial charge in [-0.05, 0) is 89.4 Å². The van der Waals surface area contributed by atoms with Crippen LogP contribution < -0.4 is 0 Å². The molecule has 0 saturated heterocycles. The van der Waals surface area contributed by atoms with E-state index in [0.29, 0.717) is 5.02 Å². The minimum absolute atomic E-state index is 0.0908. The first-order valence-electron chi connectivity index (χ1n) is 13.5. The predicted octanol–water partition coefficient (Wildman–Crippen LogP) is 8.32. The number of hydrogen-bond acceptors (Lipinski definition) is 7. The fraction of sp³-hybridized carbons (Fsp3) is 0.375. The second-order valence-electron chi connectivity index (χ2n) is 12.3. The average Bonchev–Trinajstić information content (AvgIpc) is 3.48. The second kappa shape index (κ2) is 10.8. The van der Waals surface area contributed by atoms with E-state index in [4.69, 9.17) is 26.1 Å². The molecular weight excluding hydrogens is 556 g/mol. The van der Waals surface area contributed by atoms with Crippen LogP contribution in [0.3, 0.4) is 0 Å². The summed E-state index contributed by atoms with van der Waals surface area (Å²) in [6.07, 6.45) is 3.15. The number of thiazole rings is 1. The largest absolute Gasteiger partial charge is 0.462 e. The number of aryl methyl sites for hydroxylation is 2. The van der Waals surface area contributed by atoms with Gasteiger partial charge in [0.15, 0.2) is 5.65 Å². The molecule has 0 aliphatic carbocycles. The van der Waals surface area contributed by atoms with Crippen LogP contribution in [0.5, 0.6) is 0 Å². The first-order valence-corrected chi connectivity index (χ1v) is 14.7. The number of fused-ring (bicyclic) bond motifs is 2. The van der Waals surface area contributed by atoms with Crippen molar-refractivity contribution < 1.29 is 14.3 Å². The molecular formula is C32H35ClN4O3S. The first kappa shape index (κ1) is 29.2. The predicted molar refractivity (Wildman–Crippen MR) is 166 cm³/mol. The Hall–Kier alpha value is -3.33. The van der Waals surface area contributed by atoms with E-state index < -0.39 is 17.1 Å². The van der Waals surface area contributed by atoms with Crippen molar-refractivity contribution in [2.45, 2.75) is 60.2 Å². The zero-order valence-corrected chi connectivity index (χ0v) is 26.3. The molecule has 0 spiro atoms. The molecule has 0 fully saturated rings. The van der Waals surface area contributed by atoms with Gasteiger partial charge in [0.2, 0.25) is 0 Å². The summed E-state index contributed by atoms with van der Waals surface area (Å²) in [4.78, 5) is 22.5. The van der Waals surface area contributed by atoms with Gasteiger partial charge in [-0.2, -0.15) is 5.10 Å². The van der Waals surface area contributed by atoms with Crippen molar-refractivity contribution >= 4 is 50.2 Å². The third-order valence-electron chi connectivity index (χ3n) is 6.68. The van der Waals surface area contributed by atoms with Gasteiger partial charge < -0.3 is 9.47 Å². The lowest BCUT2D eigenvalue weighted by molar-refractivity contribution is -0.162. The summed E-state index contributed by atoms with van der Waals surface area (Å²) in [7, 11) is 1.88. The van der Waals surface area contributed by atoms with E-state index in [-0.39, 0.29) is 12.6 Å². The van der Waals surface area contributed by atoms with Crippen LogP contribution in [0.25, 0.3) is 42.9 Å². The zero-order chi connectivity index (χ0) is 29.7. The Kier molecular flexibility index (Phi) is 7.70. The molecule has 5 rings (SSSR count). The second-order valence-corrected chi connectivity index (χ2v) is 13.8. The number of carbonyl (C=O) groups is 1. The van der Waals surface area contributed by atoms with E-state index in [1.165, 1.54) is 0 Å².